The zero-order chi connectivity index (χ0) is 14.6. The molecule has 1 aliphatic rings. The molecule has 110 valence electrons. The molecule has 0 unspecified atom stereocenters. The van der Waals surface area contributed by atoms with Crippen LogP contribution in [0.3, 0.4) is 0 Å². The van der Waals surface area contributed by atoms with Gasteiger partial charge in [0.25, 0.3) is 0 Å². The van der Waals surface area contributed by atoms with Crippen molar-refractivity contribution in [3.63, 3.8) is 0 Å². The van der Waals surface area contributed by atoms with Crippen molar-refractivity contribution in [2.75, 3.05) is 37.5 Å². The monoisotopic (exact) mass is 282 g/mol. The summed E-state index contributed by atoms with van der Waals surface area (Å²) in [7, 11) is 1.69. The first kappa shape index (κ1) is 14.5. The van der Waals surface area contributed by atoms with Crippen LogP contribution in [0.1, 0.15) is 12.8 Å². The number of ether oxygens (including phenoxy) is 1. The summed E-state index contributed by atoms with van der Waals surface area (Å²) in [4.78, 5) is 14.8. The standard InChI is InChI=1S/C12H18N4O4/c1-13-10-3-2-9(16(18)19)11(14-10)15-12(8-17)4-6-20-7-5-12/h2-3,17H,4-8H2,1H3,(H2,13,14,15). The molecule has 0 amide bonds. The summed E-state index contributed by atoms with van der Waals surface area (Å²) in [5.74, 6) is 0.691. The highest BCUT2D eigenvalue weighted by molar-refractivity contribution is 5.61. The molecule has 1 aromatic rings. The molecule has 1 aromatic heterocycles. The van der Waals surface area contributed by atoms with Crippen molar-refractivity contribution in [2.24, 2.45) is 0 Å². The molecule has 2 heterocycles. The molecule has 8 heteroatoms. The summed E-state index contributed by atoms with van der Waals surface area (Å²) in [5, 5.41) is 26.6. The van der Waals surface area contributed by atoms with E-state index in [4.69, 9.17) is 4.74 Å². The van der Waals surface area contributed by atoms with Crippen molar-refractivity contribution in [1.29, 1.82) is 0 Å². The Morgan fingerprint density at radius 1 is 1.50 bits per heavy atom. The van der Waals surface area contributed by atoms with E-state index in [0.29, 0.717) is 31.9 Å². The van der Waals surface area contributed by atoms with Crippen LogP contribution in [0, 0.1) is 10.1 Å². The Morgan fingerprint density at radius 2 is 2.20 bits per heavy atom. The highest BCUT2D eigenvalue weighted by atomic mass is 16.6. The fraction of sp³-hybridized carbons (Fsp3) is 0.583. The molecule has 0 atom stereocenters. The van der Waals surface area contributed by atoms with Crippen molar-refractivity contribution in [1.82, 2.24) is 4.98 Å². The molecule has 0 spiro atoms. The van der Waals surface area contributed by atoms with E-state index in [1.165, 1.54) is 6.07 Å². The third-order valence-corrected chi connectivity index (χ3v) is 3.46. The van der Waals surface area contributed by atoms with Crippen molar-refractivity contribution < 1.29 is 14.8 Å². The van der Waals surface area contributed by atoms with Gasteiger partial charge in [0.1, 0.15) is 5.82 Å². The number of pyridine rings is 1. The van der Waals surface area contributed by atoms with Crippen LogP contribution < -0.4 is 10.6 Å². The molecule has 1 aliphatic heterocycles. The lowest BCUT2D eigenvalue weighted by molar-refractivity contribution is -0.384. The second kappa shape index (κ2) is 6.02. The fourth-order valence-corrected chi connectivity index (χ4v) is 2.17. The Labute approximate surface area is 116 Å². The molecule has 0 aliphatic carbocycles. The number of rotatable bonds is 5. The molecular weight excluding hydrogens is 264 g/mol. The fourth-order valence-electron chi connectivity index (χ4n) is 2.17. The van der Waals surface area contributed by atoms with E-state index in [2.05, 4.69) is 15.6 Å². The summed E-state index contributed by atoms with van der Waals surface area (Å²) < 4.78 is 5.27. The van der Waals surface area contributed by atoms with E-state index < -0.39 is 10.5 Å². The molecule has 1 saturated heterocycles. The Kier molecular flexibility index (Phi) is 4.35. The van der Waals surface area contributed by atoms with E-state index >= 15 is 0 Å². The van der Waals surface area contributed by atoms with Crippen LogP contribution >= 0.6 is 0 Å². The molecule has 8 nitrogen and oxygen atoms in total. The first-order chi connectivity index (χ1) is 9.60. The minimum absolute atomic E-state index is 0.108. The van der Waals surface area contributed by atoms with Crippen molar-refractivity contribution in [3.8, 4) is 0 Å². The molecule has 20 heavy (non-hydrogen) atoms. The molecule has 0 aromatic carbocycles. The van der Waals surface area contributed by atoms with Gasteiger partial charge in [-0.1, -0.05) is 0 Å². The first-order valence-electron chi connectivity index (χ1n) is 6.40. The highest BCUT2D eigenvalue weighted by Crippen LogP contribution is 2.30. The maximum absolute atomic E-state index is 11.1. The molecule has 2 rings (SSSR count). The minimum atomic E-state index is -0.623. The number of hydrogen-bond acceptors (Lipinski definition) is 7. The maximum Gasteiger partial charge on any atom is 0.311 e. The highest BCUT2D eigenvalue weighted by Gasteiger charge is 2.34. The van der Waals surface area contributed by atoms with E-state index in [1.807, 2.05) is 0 Å². The number of nitro groups is 1. The van der Waals surface area contributed by atoms with E-state index in [1.54, 1.807) is 13.1 Å². The number of hydrogen-bond donors (Lipinski definition) is 3. The van der Waals surface area contributed by atoms with Gasteiger partial charge in [-0.2, -0.15) is 0 Å². The van der Waals surface area contributed by atoms with Crippen LogP contribution in [0.25, 0.3) is 0 Å². The number of nitrogens with zero attached hydrogens (tertiary/aromatic N) is 2. The lowest BCUT2D eigenvalue weighted by Crippen LogP contribution is -2.47. The van der Waals surface area contributed by atoms with Crippen LogP contribution in [0.15, 0.2) is 12.1 Å². The maximum atomic E-state index is 11.1. The van der Waals surface area contributed by atoms with E-state index in [-0.39, 0.29) is 18.1 Å². The van der Waals surface area contributed by atoms with Crippen LogP contribution in [0.4, 0.5) is 17.3 Å². The quantitative estimate of drug-likeness (QED) is 0.545. The summed E-state index contributed by atoms with van der Waals surface area (Å²) in [5.41, 5.74) is -0.731. The smallest absolute Gasteiger partial charge is 0.311 e. The van der Waals surface area contributed by atoms with Gasteiger partial charge in [0.15, 0.2) is 0 Å². The normalized spacial score (nSPS) is 17.5. The first-order valence-corrected chi connectivity index (χ1v) is 6.40. The predicted octanol–water partition coefficient (Wildman–Crippen LogP) is 0.985. The van der Waals surface area contributed by atoms with Crippen molar-refractivity contribution >= 4 is 17.3 Å². The molecule has 0 bridgehead atoms. The summed E-state index contributed by atoms with van der Waals surface area (Å²) in [6.07, 6.45) is 1.15. The van der Waals surface area contributed by atoms with Gasteiger partial charge in [0.2, 0.25) is 5.82 Å². The van der Waals surface area contributed by atoms with Gasteiger partial charge in [-0.05, 0) is 18.9 Å². The third kappa shape index (κ3) is 2.97. The topological polar surface area (TPSA) is 110 Å². The van der Waals surface area contributed by atoms with E-state index in [0.717, 1.165) is 0 Å². The number of nitrogens with one attached hydrogen (secondary N) is 2. The SMILES string of the molecule is CNc1ccc([N+](=O)[O-])c(NC2(CO)CCOCC2)n1. The minimum Gasteiger partial charge on any atom is -0.394 e. The van der Waals surface area contributed by atoms with Gasteiger partial charge in [-0.3, -0.25) is 10.1 Å². The van der Waals surface area contributed by atoms with E-state index in [9.17, 15) is 15.2 Å². The molecule has 1 fully saturated rings. The molecule has 3 N–H and O–H groups in total. The molecular formula is C12H18N4O4. The van der Waals surface area contributed by atoms with Crippen LogP contribution in [-0.4, -0.2) is 47.4 Å². The second-order valence-corrected chi connectivity index (χ2v) is 4.75. The Balaban J connectivity index is 2.32. The van der Waals surface area contributed by atoms with Crippen LogP contribution in [0.5, 0.6) is 0 Å². The lowest BCUT2D eigenvalue weighted by atomic mass is 9.91. The number of aliphatic hydroxyl groups excluding tert-OH is 1. The van der Waals surface area contributed by atoms with Crippen molar-refractivity contribution in [2.45, 2.75) is 18.4 Å². The summed E-state index contributed by atoms with van der Waals surface area (Å²) >= 11 is 0. The van der Waals surface area contributed by atoms with Gasteiger partial charge >= 0.3 is 5.69 Å². The third-order valence-electron chi connectivity index (χ3n) is 3.46. The van der Waals surface area contributed by atoms with Gasteiger partial charge in [-0.15, -0.1) is 0 Å². The van der Waals surface area contributed by atoms with Crippen LogP contribution in [-0.2, 0) is 4.74 Å². The average molecular weight is 282 g/mol. The van der Waals surface area contributed by atoms with Gasteiger partial charge in [0, 0.05) is 26.3 Å². The molecule has 0 saturated carbocycles. The summed E-state index contributed by atoms with van der Waals surface area (Å²) in [6.45, 7) is 0.888. The van der Waals surface area contributed by atoms with Gasteiger partial charge in [-0.25, -0.2) is 4.98 Å². The van der Waals surface area contributed by atoms with Crippen LogP contribution in [0.2, 0.25) is 0 Å². The van der Waals surface area contributed by atoms with Crippen molar-refractivity contribution in [3.05, 3.63) is 22.2 Å². The Hall–Kier alpha value is -1.93. The Morgan fingerprint density at radius 3 is 2.75 bits per heavy atom. The lowest BCUT2D eigenvalue weighted by Gasteiger charge is -2.36. The largest absolute Gasteiger partial charge is 0.394 e. The zero-order valence-corrected chi connectivity index (χ0v) is 11.3. The number of anilines is 2. The molecule has 0 radical (unpaired) electrons. The van der Waals surface area contributed by atoms with Gasteiger partial charge in [0.05, 0.1) is 17.1 Å². The average Bonchev–Trinajstić information content (AvgIpc) is 2.47. The Bertz CT molecular complexity index is 488. The van der Waals surface area contributed by atoms with Gasteiger partial charge < -0.3 is 20.5 Å². The number of aromatic nitrogens is 1. The second-order valence-electron chi connectivity index (χ2n) is 4.75. The predicted molar refractivity (Wildman–Crippen MR) is 73.9 cm³/mol. The summed E-state index contributed by atoms with van der Waals surface area (Å²) in [6, 6.07) is 2.94. The zero-order valence-electron chi connectivity index (χ0n) is 11.3. The number of aliphatic hydroxyl groups is 1.